The highest BCUT2D eigenvalue weighted by Crippen LogP contribution is 2.31. The molecule has 1 unspecified atom stereocenters. The number of pyridine rings is 1. The molecular formula is C16H17N3O3S. The number of carbonyl (C=O) groups excluding carboxylic acids is 1. The van der Waals surface area contributed by atoms with Crippen LogP contribution in [-0.4, -0.2) is 40.1 Å². The molecule has 120 valence electrons. The maximum absolute atomic E-state index is 12.4. The Bertz CT molecular complexity index is 744. The maximum Gasteiger partial charge on any atom is 0.321 e. The topological polar surface area (TPSA) is 82.5 Å². The zero-order valence-corrected chi connectivity index (χ0v) is 13.5. The molecular weight excluding hydrogens is 314 g/mol. The van der Waals surface area contributed by atoms with Crippen molar-refractivity contribution in [3.05, 3.63) is 35.3 Å². The first kappa shape index (κ1) is 15.5. The molecule has 1 aliphatic rings. The lowest BCUT2D eigenvalue weighted by molar-refractivity contribution is -0.141. The van der Waals surface area contributed by atoms with E-state index >= 15 is 0 Å². The first-order valence-corrected chi connectivity index (χ1v) is 8.17. The summed E-state index contributed by atoms with van der Waals surface area (Å²) in [6.45, 7) is 2.72. The number of nitrogens with zero attached hydrogens (tertiary/aromatic N) is 2. The van der Waals surface area contributed by atoms with Gasteiger partial charge in [0, 0.05) is 24.2 Å². The van der Waals surface area contributed by atoms with E-state index in [1.165, 1.54) is 9.78 Å². The van der Waals surface area contributed by atoms with Crippen molar-refractivity contribution >= 4 is 29.0 Å². The zero-order chi connectivity index (χ0) is 16.4. The van der Waals surface area contributed by atoms with Crippen molar-refractivity contribution in [3.8, 4) is 10.6 Å². The molecule has 3 heterocycles. The summed E-state index contributed by atoms with van der Waals surface area (Å²) in [6, 6.07) is 7.28. The van der Waals surface area contributed by atoms with E-state index in [0.29, 0.717) is 18.7 Å². The van der Waals surface area contributed by atoms with Crippen LogP contribution in [-0.2, 0) is 4.79 Å². The molecule has 0 aromatic carbocycles. The molecule has 1 aliphatic heterocycles. The second kappa shape index (κ2) is 6.37. The highest BCUT2D eigenvalue weighted by Gasteiger charge is 2.31. The molecule has 7 heteroatoms. The van der Waals surface area contributed by atoms with Crippen molar-refractivity contribution in [2.45, 2.75) is 13.3 Å². The van der Waals surface area contributed by atoms with Crippen LogP contribution in [0.15, 0.2) is 30.5 Å². The van der Waals surface area contributed by atoms with Gasteiger partial charge in [0.05, 0.1) is 16.5 Å². The van der Waals surface area contributed by atoms with E-state index < -0.39 is 11.9 Å². The molecule has 0 saturated carbocycles. The van der Waals surface area contributed by atoms with Crippen LogP contribution < -0.4 is 5.32 Å². The number of carbonyl (C=O) groups is 2. The number of hydrogen-bond donors (Lipinski definition) is 2. The Hall–Kier alpha value is -2.41. The highest BCUT2D eigenvalue weighted by atomic mass is 32.1. The quantitative estimate of drug-likeness (QED) is 0.905. The first-order valence-electron chi connectivity index (χ1n) is 7.35. The highest BCUT2D eigenvalue weighted by molar-refractivity contribution is 7.15. The van der Waals surface area contributed by atoms with Crippen LogP contribution in [0.3, 0.4) is 0 Å². The van der Waals surface area contributed by atoms with Gasteiger partial charge in [-0.2, -0.15) is 0 Å². The van der Waals surface area contributed by atoms with E-state index in [1.54, 1.807) is 29.7 Å². The molecule has 0 radical (unpaired) electrons. The summed E-state index contributed by atoms with van der Waals surface area (Å²) in [5, 5.41) is 11.9. The second-order valence-electron chi connectivity index (χ2n) is 5.51. The summed E-state index contributed by atoms with van der Waals surface area (Å²) in [4.78, 5) is 31.4. The molecule has 1 atom stereocenters. The van der Waals surface area contributed by atoms with Crippen molar-refractivity contribution < 1.29 is 14.7 Å². The monoisotopic (exact) mass is 331 g/mol. The van der Waals surface area contributed by atoms with Crippen molar-refractivity contribution in [3.63, 3.8) is 0 Å². The largest absolute Gasteiger partial charge is 0.481 e. The number of aliphatic carboxylic acids is 1. The fourth-order valence-electron chi connectivity index (χ4n) is 2.60. The van der Waals surface area contributed by atoms with Gasteiger partial charge in [0.2, 0.25) is 0 Å². The van der Waals surface area contributed by atoms with Gasteiger partial charge in [-0.3, -0.25) is 9.78 Å². The molecule has 3 rings (SSSR count). The summed E-state index contributed by atoms with van der Waals surface area (Å²) in [7, 11) is 0. The Morgan fingerprint density at radius 3 is 2.87 bits per heavy atom. The van der Waals surface area contributed by atoms with E-state index in [0.717, 1.165) is 10.6 Å². The average Bonchev–Trinajstić information content (AvgIpc) is 3.17. The van der Waals surface area contributed by atoms with E-state index in [1.807, 2.05) is 19.1 Å². The third-order valence-electron chi connectivity index (χ3n) is 3.85. The van der Waals surface area contributed by atoms with Crippen LogP contribution in [0.4, 0.5) is 10.5 Å². The standard InChI is InChI=1S/C16H17N3O3S/c1-10-4-5-13(23-10)14-12(3-2-7-17-14)18-16(22)19-8-6-11(9-19)15(20)21/h2-5,7,11H,6,8-9H2,1H3,(H,18,22)(H,20,21). The number of anilines is 1. The fraction of sp³-hybridized carbons (Fsp3) is 0.312. The number of carboxylic acids is 1. The molecule has 0 spiro atoms. The summed E-state index contributed by atoms with van der Waals surface area (Å²) < 4.78 is 0. The lowest BCUT2D eigenvalue weighted by atomic mass is 10.1. The number of aromatic nitrogens is 1. The smallest absolute Gasteiger partial charge is 0.321 e. The predicted molar refractivity (Wildman–Crippen MR) is 88.6 cm³/mol. The zero-order valence-electron chi connectivity index (χ0n) is 12.7. The van der Waals surface area contributed by atoms with Gasteiger partial charge >= 0.3 is 12.0 Å². The van der Waals surface area contributed by atoms with E-state index in [9.17, 15) is 9.59 Å². The van der Waals surface area contributed by atoms with Crippen LogP contribution in [0, 0.1) is 12.8 Å². The Labute approximate surface area is 137 Å². The van der Waals surface area contributed by atoms with Gasteiger partial charge in [-0.05, 0) is 37.6 Å². The van der Waals surface area contributed by atoms with Gasteiger partial charge < -0.3 is 15.3 Å². The number of likely N-dealkylation sites (tertiary alicyclic amines) is 1. The molecule has 0 aliphatic carbocycles. The molecule has 0 bridgehead atoms. The minimum Gasteiger partial charge on any atom is -0.481 e. The number of nitrogens with one attached hydrogen (secondary N) is 1. The van der Waals surface area contributed by atoms with E-state index in [2.05, 4.69) is 10.3 Å². The Kier molecular flexibility index (Phi) is 4.29. The van der Waals surface area contributed by atoms with Gasteiger partial charge in [-0.25, -0.2) is 4.79 Å². The van der Waals surface area contributed by atoms with E-state index in [4.69, 9.17) is 5.11 Å². The number of thiophene rings is 1. The van der Waals surface area contributed by atoms with Crippen LogP contribution >= 0.6 is 11.3 Å². The van der Waals surface area contributed by atoms with Crippen LogP contribution in [0.5, 0.6) is 0 Å². The molecule has 1 saturated heterocycles. The van der Waals surface area contributed by atoms with Gasteiger partial charge in [0.15, 0.2) is 0 Å². The molecule has 2 aromatic rings. The van der Waals surface area contributed by atoms with Gasteiger partial charge in [0.1, 0.15) is 5.69 Å². The third-order valence-corrected chi connectivity index (χ3v) is 4.86. The fourth-order valence-corrected chi connectivity index (χ4v) is 3.48. The molecule has 2 N–H and O–H groups in total. The van der Waals surface area contributed by atoms with Crippen molar-refractivity contribution in [1.82, 2.24) is 9.88 Å². The minimum atomic E-state index is -0.851. The Morgan fingerprint density at radius 2 is 2.22 bits per heavy atom. The lowest BCUT2D eigenvalue weighted by Crippen LogP contribution is -2.34. The van der Waals surface area contributed by atoms with Gasteiger partial charge in [-0.1, -0.05) is 0 Å². The Balaban J connectivity index is 1.76. The van der Waals surface area contributed by atoms with Crippen LogP contribution in [0.2, 0.25) is 0 Å². The first-order chi connectivity index (χ1) is 11.0. The molecule has 23 heavy (non-hydrogen) atoms. The summed E-state index contributed by atoms with van der Waals surface area (Å²) >= 11 is 1.61. The number of aryl methyl sites for hydroxylation is 1. The Morgan fingerprint density at radius 1 is 1.39 bits per heavy atom. The number of hydrogen-bond acceptors (Lipinski definition) is 4. The van der Waals surface area contributed by atoms with Gasteiger partial charge in [-0.15, -0.1) is 11.3 Å². The van der Waals surface area contributed by atoms with Crippen LogP contribution in [0.1, 0.15) is 11.3 Å². The van der Waals surface area contributed by atoms with Crippen molar-refractivity contribution in [2.75, 3.05) is 18.4 Å². The van der Waals surface area contributed by atoms with Crippen molar-refractivity contribution in [1.29, 1.82) is 0 Å². The summed E-state index contributed by atoms with van der Waals surface area (Å²) in [6.07, 6.45) is 2.18. The molecule has 1 fully saturated rings. The maximum atomic E-state index is 12.4. The van der Waals surface area contributed by atoms with Crippen molar-refractivity contribution in [2.24, 2.45) is 5.92 Å². The number of carboxylic acid groups (broad SMARTS) is 1. The number of rotatable bonds is 3. The lowest BCUT2D eigenvalue weighted by Gasteiger charge is -2.17. The van der Waals surface area contributed by atoms with Gasteiger partial charge in [0.25, 0.3) is 0 Å². The number of urea groups is 1. The minimum absolute atomic E-state index is 0.245. The normalized spacial score (nSPS) is 17.3. The molecule has 2 amide bonds. The summed E-state index contributed by atoms with van der Waals surface area (Å²) in [5.74, 6) is -1.33. The average molecular weight is 331 g/mol. The second-order valence-corrected chi connectivity index (χ2v) is 6.80. The van der Waals surface area contributed by atoms with E-state index in [-0.39, 0.29) is 12.6 Å². The number of amides is 2. The molecule has 2 aromatic heterocycles. The summed E-state index contributed by atoms with van der Waals surface area (Å²) in [5.41, 5.74) is 1.37. The molecule has 6 nitrogen and oxygen atoms in total. The SMILES string of the molecule is Cc1ccc(-c2ncccc2NC(=O)N2CCC(C(=O)O)C2)s1. The third kappa shape index (κ3) is 3.34. The van der Waals surface area contributed by atoms with Crippen LogP contribution in [0.25, 0.3) is 10.6 Å². The predicted octanol–water partition coefficient (Wildman–Crippen LogP) is 3.06.